The minimum absolute atomic E-state index is 0.610. The van der Waals surface area contributed by atoms with Crippen LogP contribution in [0.2, 0.25) is 5.02 Å². The van der Waals surface area contributed by atoms with E-state index in [4.69, 9.17) is 21.6 Å². The van der Waals surface area contributed by atoms with Crippen LogP contribution in [-0.2, 0) is 0 Å². The molecule has 3 rings (SSSR count). The second-order valence-electron chi connectivity index (χ2n) is 4.33. The van der Waals surface area contributed by atoms with Gasteiger partial charge < -0.3 is 4.74 Å². The molecule has 0 atom stereocenters. The van der Waals surface area contributed by atoms with Crippen molar-refractivity contribution in [1.82, 2.24) is 0 Å². The average molecular weight is 280 g/mol. The van der Waals surface area contributed by atoms with Crippen molar-refractivity contribution in [2.45, 2.75) is 0 Å². The van der Waals surface area contributed by atoms with Gasteiger partial charge in [-0.15, -0.1) is 0 Å². The van der Waals surface area contributed by atoms with Gasteiger partial charge in [0.2, 0.25) is 0 Å². The summed E-state index contributed by atoms with van der Waals surface area (Å²) in [7, 11) is 0. The number of halogens is 1. The smallest absolute Gasteiger partial charge is 0.135 e. The van der Waals surface area contributed by atoms with Crippen LogP contribution < -0.4 is 4.74 Å². The first-order chi connectivity index (χ1) is 9.78. The molecule has 3 heteroatoms. The van der Waals surface area contributed by atoms with Gasteiger partial charge in [-0.2, -0.15) is 5.26 Å². The Hall–Kier alpha value is -2.50. The molecule has 0 aliphatic heterocycles. The number of fused-ring (bicyclic) bond motifs is 1. The Kier molecular flexibility index (Phi) is 3.28. The molecule has 0 saturated carbocycles. The monoisotopic (exact) mass is 279 g/mol. The van der Waals surface area contributed by atoms with Gasteiger partial charge in [0, 0.05) is 15.8 Å². The standard InChI is InChI=1S/C17H10ClNO/c18-16-9-10-17(15-4-2-1-3-14(15)16)20-13-7-5-12(11-19)6-8-13/h1-10H. The molecule has 0 spiro atoms. The Morgan fingerprint density at radius 1 is 0.850 bits per heavy atom. The van der Waals surface area contributed by atoms with Gasteiger partial charge in [-0.3, -0.25) is 0 Å². The maximum Gasteiger partial charge on any atom is 0.135 e. The van der Waals surface area contributed by atoms with E-state index in [1.54, 1.807) is 24.3 Å². The van der Waals surface area contributed by atoms with Gasteiger partial charge in [0.05, 0.1) is 11.6 Å². The van der Waals surface area contributed by atoms with Gasteiger partial charge in [0.25, 0.3) is 0 Å². The molecule has 0 saturated heterocycles. The van der Waals surface area contributed by atoms with Crippen LogP contribution in [0.1, 0.15) is 5.56 Å². The van der Waals surface area contributed by atoms with E-state index in [0.717, 1.165) is 16.5 Å². The Labute approximate surface area is 121 Å². The van der Waals surface area contributed by atoms with E-state index in [1.165, 1.54) is 0 Å². The highest BCUT2D eigenvalue weighted by molar-refractivity contribution is 6.35. The lowest BCUT2D eigenvalue weighted by molar-refractivity contribution is 0.488. The van der Waals surface area contributed by atoms with Crippen LogP contribution in [0.25, 0.3) is 10.8 Å². The topological polar surface area (TPSA) is 33.0 Å². The first-order valence-electron chi connectivity index (χ1n) is 6.13. The fourth-order valence-corrected chi connectivity index (χ4v) is 2.28. The quantitative estimate of drug-likeness (QED) is 0.649. The van der Waals surface area contributed by atoms with Crippen LogP contribution in [0.4, 0.5) is 0 Å². The lowest BCUT2D eigenvalue weighted by Crippen LogP contribution is -1.86. The summed E-state index contributed by atoms with van der Waals surface area (Å²) >= 11 is 6.18. The number of rotatable bonds is 2. The molecular weight excluding hydrogens is 270 g/mol. The summed E-state index contributed by atoms with van der Waals surface area (Å²) < 4.78 is 5.88. The van der Waals surface area contributed by atoms with E-state index in [0.29, 0.717) is 16.3 Å². The highest BCUT2D eigenvalue weighted by atomic mass is 35.5. The van der Waals surface area contributed by atoms with Crippen LogP contribution >= 0.6 is 11.6 Å². The number of nitrogens with zero attached hydrogens (tertiary/aromatic N) is 1. The van der Waals surface area contributed by atoms with E-state index in [9.17, 15) is 0 Å². The molecule has 0 radical (unpaired) electrons. The SMILES string of the molecule is N#Cc1ccc(Oc2ccc(Cl)c3ccccc23)cc1. The molecule has 0 heterocycles. The van der Waals surface area contributed by atoms with Gasteiger partial charge in [0.1, 0.15) is 11.5 Å². The summed E-state index contributed by atoms with van der Waals surface area (Å²) in [5, 5.41) is 11.4. The third kappa shape index (κ3) is 2.32. The van der Waals surface area contributed by atoms with Crippen LogP contribution in [-0.4, -0.2) is 0 Å². The summed E-state index contributed by atoms with van der Waals surface area (Å²) in [6.45, 7) is 0. The molecule has 96 valence electrons. The van der Waals surface area contributed by atoms with Crippen molar-refractivity contribution in [3.05, 3.63) is 71.2 Å². The fraction of sp³-hybridized carbons (Fsp3) is 0. The van der Waals surface area contributed by atoms with Crippen LogP contribution in [0.5, 0.6) is 11.5 Å². The molecule has 0 N–H and O–H groups in total. The molecule has 3 aromatic carbocycles. The van der Waals surface area contributed by atoms with Crippen molar-refractivity contribution in [2.75, 3.05) is 0 Å². The Morgan fingerprint density at radius 3 is 2.25 bits per heavy atom. The van der Waals surface area contributed by atoms with Crippen molar-refractivity contribution in [3.8, 4) is 17.6 Å². The van der Waals surface area contributed by atoms with E-state index in [2.05, 4.69) is 6.07 Å². The van der Waals surface area contributed by atoms with Crippen molar-refractivity contribution in [3.63, 3.8) is 0 Å². The van der Waals surface area contributed by atoms with Crippen LogP contribution in [0, 0.1) is 11.3 Å². The Morgan fingerprint density at radius 2 is 1.55 bits per heavy atom. The normalized spacial score (nSPS) is 10.2. The molecule has 0 unspecified atom stereocenters. The van der Waals surface area contributed by atoms with Gasteiger partial charge in [-0.1, -0.05) is 35.9 Å². The molecule has 0 aliphatic carbocycles. The lowest BCUT2D eigenvalue weighted by atomic mass is 10.1. The van der Waals surface area contributed by atoms with Gasteiger partial charge >= 0.3 is 0 Å². The predicted octanol–water partition coefficient (Wildman–Crippen LogP) is 5.16. The first-order valence-corrected chi connectivity index (χ1v) is 6.51. The zero-order chi connectivity index (χ0) is 13.9. The second-order valence-corrected chi connectivity index (χ2v) is 4.74. The molecule has 0 amide bonds. The largest absolute Gasteiger partial charge is 0.457 e. The summed E-state index contributed by atoms with van der Waals surface area (Å²) in [6.07, 6.45) is 0. The highest BCUT2D eigenvalue weighted by Crippen LogP contribution is 2.33. The highest BCUT2D eigenvalue weighted by Gasteiger charge is 2.06. The zero-order valence-corrected chi connectivity index (χ0v) is 11.3. The van der Waals surface area contributed by atoms with Crippen LogP contribution in [0.3, 0.4) is 0 Å². The minimum atomic E-state index is 0.610. The number of ether oxygens (including phenoxy) is 1. The van der Waals surface area contributed by atoms with Gasteiger partial charge in [-0.05, 0) is 36.4 Å². The summed E-state index contributed by atoms with van der Waals surface area (Å²) in [5.41, 5.74) is 0.610. The number of benzene rings is 3. The van der Waals surface area contributed by atoms with Crippen molar-refractivity contribution in [1.29, 1.82) is 5.26 Å². The summed E-state index contributed by atoms with van der Waals surface area (Å²) in [4.78, 5) is 0. The predicted molar refractivity (Wildman–Crippen MR) is 80.2 cm³/mol. The van der Waals surface area contributed by atoms with E-state index >= 15 is 0 Å². The fourth-order valence-electron chi connectivity index (χ4n) is 2.05. The summed E-state index contributed by atoms with van der Waals surface area (Å²) in [6, 6.07) is 20.6. The Balaban J connectivity index is 2.02. The molecule has 0 aromatic heterocycles. The maximum absolute atomic E-state index is 8.78. The first kappa shape index (κ1) is 12.5. The second kappa shape index (κ2) is 5.24. The lowest BCUT2D eigenvalue weighted by Gasteiger charge is -2.10. The molecule has 0 aliphatic rings. The number of nitriles is 1. The third-order valence-electron chi connectivity index (χ3n) is 3.04. The van der Waals surface area contributed by atoms with Gasteiger partial charge in [0.15, 0.2) is 0 Å². The number of hydrogen-bond acceptors (Lipinski definition) is 2. The zero-order valence-electron chi connectivity index (χ0n) is 10.5. The molecule has 0 fully saturated rings. The van der Waals surface area contributed by atoms with Crippen molar-refractivity contribution < 1.29 is 4.74 Å². The Bertz CT molecular complexity index is 803. The molecule has 2 nitrogen and oxygen atoms in total. The molecule has 0 bridgehead atoms. The van der Waals surface area contributed by atoms with Crippen LogP contribution in [0.15, 0.2) is 60.7 Å². The van der Waals surface area contributed by atoms with Crippen molar-refractivity contribution in [2.24, 2.45) is 0 Å². The van der Waals surface area contributed by atoms with E-state index < -0.39 is 0 Å². The van der Waals surface area contributed by atoms with E-state index in [-0.39, 0.29) is 0 Å². The molecule has 3 aromatic rings. The van der Waals surface area contributed by atoms with E-state index in [1.807, 2.05) is 36.4 Å². The molecule has 20 heavy (non-hydrogen) atoms. The number of hydrogen-bond donors (Lipinski definition) is 0. The third-order valence-corrected chi connectivity index (χ3v) is 3.37. The molecular formula is C17H10ClNO. The van der Waals surface area contributed by atoms with Gasteiger partial charge in [-0.25, -0.2) is 0 Å². The van der Waals surface area contributed by atoms with Crippen molar-refractivity contribution >= 4 is 22.4 Å². The maximum atomic E-state index is 8.78. The average Bonchev–Trinajstić information content (AvgIpc) is 2.51. The summed E-state index contributed by atoms with van der Waals surface area (Å²) in [5.74, 6) is 1.44. The minimum Gasteiger partial charge on any atom is -0.457 e.